The first kappa shape index (κ1) is 15.9. The van der Waals surface area contributed by atoms with Crippen LogP contribution >= 0.6 is 0 Å². The van der Waals surface area contributed by atoms with E-state index in [1.165, 1.54) is 38.5 Å². The van der Waals surface area contributed by atoms with Crippen LogP contribution in [0, 0.1) is 0 Å². The standard InChI is InChI=1S/2C5H10O.C4H10N2/c2*1-2-4-6-5-3-1;1-2-6-4-3-5-1/h2*1-5H2;5-6H,1-4H2. The summed E-state index contributed by atoms with van der Waals surface area (Å²) in [4.78, 5) is 0. The molecule has 3 aliphatic heterocycles. The highest BCUT2D eigenvalue weighted by molar-refractivity contribution is 4.59. The predicted molar refractivity (Wildman–Crippen MR) is 75.1 cm³/mol. The molecule has 18 heavy (non-hydrogen) atoms. The van der Waals surface area contributed by atoms with Crippen LogP contribution in [0.15, 0.2) is 0 Å². The summed E-state index contributed by atoms with van der Waals surface area (Å²) in [5.74, 6) is 0. The van der Waals surface area contributed by atoms with E-state index in [1.54, 1.807) is 0 Å². The Morgan fingerprint density at radius 2 is 0.778 bits per heavy atom. The largest absolute Gasteiger partial charge is 0.381 e. The molecule has 0 aromatic rings. The van der Waals surface area contributed by atoms with Gasteiger partial charge in [0.25, 0.3) is 0 Å². The summed E-state index contributed by atoms with van der Waals surface area (Å²) in [6.45, 7) is 8.56. The van der Waals surface area contributed by atoms with Crippen molar-refractivity contribution in [1.82, 2.24) is 10.6 Å². The van der Waals surface area contributed by atoms with E-state index in [4.69, 9.17) is 9.47 Å². The van der Waals surface area contributed by atoms with Crippen molar-refractivity contribution in [3.63, 3.8) is 0 Å². The molecule has 3 saturated heterocycles. The van der Waals surface area contributed by atoms with E-state index in [2.05, 4.69) is 10.6 Å². The molecule has 2 N–H and O–H groups in total. The molecule has 0 aliphatic carbocycles. The minimum atomic E-state index is 1.00. The van der Waals surface area contributed by atoms with Gasteiger partial charge in [-0.15, -0.1) is 0 Å². The van der Waals surface area contributed by atoms with E-state index in [9.17, 15) is 0 Å². The molecule has 4 nitrogen and oxygen atoms in total. The fourth-order valence-corrected chi connectivity index (χ4v) is 1.98. The average molecular weight is 258 g/mol. The lowest BCUT2D eigenvalue weighted by Crippen LogP contribution is -2.39. The van der Waals surface area contributed by atoms with E-state index in [0.29, 0.717) is 0 Å². The summed E-state index contributed by atoms with van der Waals surface area (Å²) >= 11 is 0. The van der Waals surface area contributed by atoms with Gasteiger partial charge < -0.3 is 20.1 Å². The first-order valence-electron chi connectivity index (χ1n) is 7.57. The van der Waals surface area contributed by atoms with Gasteiger partial charge in [0.1, 0.15) is 0 Å². The second-order valence-electron chi connectivity index (χ2n) is 4.85. The zero-order valence-electron chi connectivity index (χ0n) is 11.7. The predicted octanol–water partition coefficient (Wildman–Crippen LogP) is 1.55. The van der Waals surface area contributed by atoms with E-state index in [1.807, 2.05) is 0 Å². The van der Waals surface area contributed by atoms with Gasteiger partial charge in [0, 0.05) is 52.6 Å². The number of piperazine rings is 1. The molecule has 3 aliphatic rings. The Kier molecular flexibility index (Phi) is 11.7. The lowest BCUT2D eigenvalue weighted by atomic mass is 10.2. The molecule has 0 saturated carbocycles. The van der Waals surface area contributed by atoms with Gasteiger partial charge >= 0.3 is 0 Å². The van der Waals surface area contributed by atoms with Crippen LogP contribution in [0.2, 0.25) is 0 Å². The van der Waals surface area contributed by atoms with Crippen molar-refractivity contribution in [3.05, 3.63) is 0 Å². The summed E-state index contributed by atoms with van der Waals surface area (Å²) in [5.41, 5.74) is 0. The van der Waals surface area contributed by atoms with Crippen molar-refractivity contribution in [2.45, 2.75) is 38.5 Å². The van der Waals surface area contributed by atoms with Crippen LogP contribution in [0.5, 0.6) is 0 Å². The highest BCUT2D eigenvalue weighted by Crippen LogP contribution is 2.02. The number of hydrogen-bond acceptors (Lipinski definition) is 4. The normalized spacial score (nSPS) is 24.0. The SMILES string of the molecule is C1CCOCC1.C1CCOCC1.C1CNCCN1. The molecule has 3 rings (SSSR count). The Morgan fingerprint density at radius 1 is 0.444 bits per heavy atom. The molecule has 3 heterocycles. The Morgan fingerprint density at radius 3 is 0.889 bits per heavy atom. The molecule has 0 aromatic heterocycles. The Labute approximate surface area is 112 Å². The maximum atomic E-state index is 5.07. The third-order valence-corrected chi connectivity index (χ3v) is 3.11. The zero-order chi connectivity index (χ0) is 12.7. The lowest BCUT2D eigenvalue weighted by molar-refractivity contribution is 0.0967. The number of nitrogens with one attached hydrogen (secondary N) is 2. The Balaban J connectivity index is 0.000000135. The van der Waals surface area contributed by atoms with E-state index < -0.39 is 0 Å². The first-order valence-corrected chi connectivity index (χ1v) is 7.57. The van der Waals surface area contributed by atoms with Crippen molar-refractivity contribution in [2.75, 3.05) is 52.6 Å². The summed E-state index contributed by atoms with van der Waals surface area (Å²) in [7, 11) is 0. The molecule has 0 unspecified atom stereocenters. The molecular formula is C14H30N2O2. The molecular weight excluding hydrogens is 228 g/mol. The van der Waals surface area contributed by atoms with Crippen LogP contribution < -0.4 is 10.6 Å². The highest BCUT2D eigenvalue weighted by atomic mass is 16.5. The third kappa shape index (κ3) is 11.0. The zero-order valence-corrected chi connectivity index (χ0v) is 11.7. The average Bonchev–Trinajstić information content (AvgIpc) is 2.54. The molecule has 0 amide bonds. The lowest BCUT2D eigenvalue weighted by Gasteiger charge is -2.11. The van der Waals surface area contributed by atoms with Crippen LogP contribution in [0.4, 0.5) is 0 Å². The van der Waals surface area contributed by atoms with Crippen molar-refractivity contribution < 1.29 is 9.47 Å². The summed E-state index contributed by atoms with van der Waals surface area (Å²) in [5, 5.41) is 6.44. The van der Waals surface area contributed by atoms with Gasteiger partial charge in [-0.2, -0.15) is 0 Å². The number of ether oxygens (including phenoxy) is 2. The van der Waals surface area contributed by atoms with Gasteiger partial charge in [-0.1, -0.05) is 0 Å². The summed E-state index contributed by atoms with van der Waals surface area (Å²) in [6.07, 6.45) is 7.86. The second kappa shape index (κ2) is 13.3. The van der Waals surface area contributed by atoms with Gasteiger partial charge in [-0.3, -0.25) is 0 Å². The quantitative estimate of drug-likeness (QED) is 0.692. The van der Waals surface area contributed by atoms with Gasteiger partial charge in [0.15, 0.2) is 0 Å². The molecule has 4 heteroatoms. The Hall–Kier alpha value is -0.160. The van der Waals surface area contributed by atoms with E-state index in [0.717, 1.165) is 52.6 Å². The fraction of sp³-hybridized carbons (Fsp3) is 1.00. The molecule has 108 valence electrons. The molecule has 0 bridgehead atoms. The minimum Gasteiger partial charge on any atom is -0.381 e. The van der Waals surface area contributed by atoms with Crippen molar-refractivity contribution in [2.24, 2.45) is 0 Å². The van der Waals surface area contributed by atoms with Gasteiger partial charge in [0.2, 0.25) is 0 Å². The van der Waals surface area contributed by atoms with Crippen molar-refractivity contribution in [1.29, 1.82) is 0 Å². The highest BCUT2D eigenvalue weighted by Gasteiger charge is 1.95. The summed E-state index contributed by atoms with van der Waals surface area (Å²) < 4.78 is 10.1. The van der Waals surface area contributed by atoms with Gasteiger partial charge in [-0.05, 0) is 38.5 Å². The van der Waals surface area contributed by atoms with Crippen LogP contribution in [-0.2, 0) is 9.47 Å². The first-order chi connectivity index (χ1) is 9.00. The number of hydrogen-bond donors (Lipinski definition) is 2. The van der Waals surface area contributed by atoms with Crippen LogP contribution in [0.25, 0.3) is 0 Å². The monoisotopic (exact) mass is 258 g/mol. The van der Waals surface area contributed by atoms with Crippen molar-refractivity contribution in [3.8, 4) is 0 Å². The van der Waals surface area contributed by atoms with E-state index >= 15 is 0 Å². The molecule has 0 aromatic carbocycles. The molecule has 3 fully saturated rings. The second-order valence-corrected chi connectivity index (χ2v) is 4.85. The third-order valence-electron chi connectivity index (χ3n) is 3.11. The number of rotatable bonds is 0. The minimum absolute atomic E-state index is 1.00. The smallest absolute Gasteiger partial charge is 0.0466 e. The maximum Gasteiger partial charge on any atom is 0.0466 e. The van der Waals surface area contributed by atoms with Crippen LogP contribution in [0.3, 0.4) is 0 Å². The summed E-state index contributed by atoms with van der Waals surface area (Å²) in [6, 6.07) is 0. The van der Waals surface area contributed by atoms with Crippen LogP contribution in [0.1, 0.15) is 38.5 Å². The Bertz CT molecular complexity index is 92.8. The van der Waals surface area contributed by atoms with Crippen molar-refractivity contribution >= 4 is 0 Å². The van der Waals surface area contributed by atoms with E-state index in [-0.39, 0.29) is 0 Å². The maximum absolute atomic E-state index is 5.07. The van der Waals surface area contributed by atoms with Gasteiger partial charge in [-0.25, -0.2) is 0 Å². The topological polar surface area (TPSA) is 42.5 Å². The van der Waals surface area contributed by atoms with Gasteiger partial charge in [0.05, 0.1) is 0 Å². The fourth-order valence-electron chi connectivity index (χ4n) is 1.98. The molecule has 0 radical (unpaired) electrons. The van der Waals surface area contributed by atoms with Crippen LogP contribution in [-0.4, -0.2) is 52.6 Å². The molecule has 0 atom stereocenters. The molecule has 0 spiro atoms.